The molecule has 1 atom stereocenters. The highest BCUT2D eigenvalue weighted by Crippen LogP contribution is 2.28. The minimum atomic E-state index is -1.02. The second-order valence-electron chi connectivity index (χ2n) is 9.40. The van der Waals surface area contributed by atoms with Gasteiger partial charge in [0.15, 0.2) is 5.54 Å². The number of ether oxygens (including phenoxy) is 2. The second-order valence-corrected chi connectivity index (χ2v) is 9.40. The van der Waals surface area contributed by atoms with Crippen LogP contribution in [-0.2, 0) is 16.0 Å². The van der Waals surface area contributed by atoms with Crippen molar-refractivity contribution in [3.8, 4) is 5.75 Å². The van der Waals surface area contributed by atoms with Gasteiger partial charge in [0, 0.05) is 31.6 Å². The van der Waals surface area contributed by atoms with Gasteiger partial charge in [0.1, 0.15) is 12.4 Å². The maximum Gasteiger partial charge on any atom is 0.251 e. The molecular formula is C32H36N2O4. The number of aryl methyl sites for hydroxylation is 1. The third kappa shape index (κ3) is 7.80. The normalized spacial score (nSPS) is 16.7. The molecule has 0 saturated heterocycles. The van der Waals surface area contributed by atoms with E-state index in [2.05, 4.69) is 29.6 Å². The number of aliphatic imine (C=N–C) groups is 1. The number of nitrogens with one attached hydrogen (secondary N) is 1. The Balaban J connectivity index is 1.41. The molecule has 1 heterocycles. The molecule has 0 fully saturated rings. The lowest BCUT2D eigenvalue weighted by Gasteiger charge is -2.21. The highest BCUT2D eigenvalue weighted by atomic mass is 16.5. The lowest BCUT2D eigenvalue weighted by Crippen LogP contribution is -2.46. The summed E-state index contributed by atoms with van der Waals surface area (Å²) in [6, 6.07) is 27.9. The third-order valence-corrected chi connectivity index (χ3v) is 6.44. The first-order valence-corrected chi connectivity index (χ1v) is 13.3. The summed E-state index contributed by atoms with van der Waals surface area (Å²) in [6.45, 7) is 1.33. The van der Waals surface area contributed by atoms with E-state index >= 15 is 0 Å². The van der Waals surface area contributed by atoms with Crippen LogP contribution in [0.3, 0.4) is 0 Å². The number of hydrogen-bond acceptors (Lipinski definition) is 5. The Morgan fingerprint density at radius 2 is 1.71 bits per heavy atom. The Bertz CT molecular complexity index is 1190. The molecule has 0 spiro atoms. The van der Waals surface area contributed by atoms with Crippen molar-refractivity contribution in [3.63, 3.8) is 0 Å². The highest BCUT2D eigenvalue weighted by molar-refractivity contribution is 6.00. The van der Waals surface area contributed by atoms with Gasteiger partial charge in [-0.25, -0.2) is 4.99 Å². The summed E-state index contributed by atoms with van der Waals surface area (Å²) in [4.78, 5) is 18.3. The Labute approximate surface area is 225 Å². The van der Waals surface area contributed by atoms with Crippen molar-refractivity contribution < 1.29 is 19.4 Å². The molecule has 0 radical (unpaired) electrons. The Kier molecular flexibility index (Phi) is 10.1. The van der Waals surface area contributed by atoms with Gasteiger partial charge < -0.3 is 19.9 Å². The molecule has 4 rings (SSSR count). The number of carbonyl (C=O) groups is 1. The molecule has 3 aromatic carbocycles. The standard InChI is InChI=1S/C32H36N2O4/c35-23-10-24-37-29-19-17-28(18-20-29)30-34-32(25-38-30,21-9-16-27-13-5-2-6-14-27)31(36)33-22-8-7-15-26-11-3-1-4-12-26/h1-6,9,11-14,16-20,35H,7-8,10,15,21-25H2,(H,33,36)/b16-9+/t32-/m1/s1. The fourth-order valence-corrected chi connectivity index (χ4v) is 4.28. The fraction of sp³-hybridized carbons (Fsp3) is 0.312. The van der Waals surface area contributed by atoms with Crippen molar-refractivity contribution in [1.82, 2.24) is 5.32 Å². The van der Waals surface area contributed by atoms with Crippen LogP contribution in [0.5, 0.6) is 5.75 Å². The Hall–Kier alpha value is -3.90. The molecule has 2 N–H and O–H groups in total. The monoisotopic (exact) mass is 512 g/mol. The average molecular weight is 513 g/mol. The van der Waals surface area contributed by atoms with Gasteiger partial charge in [-0.15, -0.1) is 0 Å². The molecule has 0 aliphatic carbocycles. The van der Waals surface area contributed by atoms with Crippen LogP contribution in [0.2, 0.25) is 0 Å². The first-order valence-electron chi connectivity index (χ1n) is 13.3. The van der Waals surface area contributed by atoms with Gasteiger partial charge in [-0.2, -0.15) is 0 Å². The molecule has 0 bridgehead atoms. The van der Waals surface area contributed by atoms with Crippen LogP contribution < -0.4 is 10.1 Å². The predicted molar refractivity (Wildman–Crippen MR) is 151 cm³/mol. The van der Waals surface area contributed by atoms with Crippen LogP contribution in [0.4, 0.5) is 0 Å². The first kappa shape index (κ1) is 27.1. The van der Waals surface area contributed by atoms with E-state index in [1.807, 2.05) is 72.8 Å². The zero-order valence-corrected chi connectivity index (χ0v) is 21.7. The average Bonchev–Trinajstić information content (AvgIpc) is 3.40. The van der Waals surface area contributed by atoms with Gasteiger partial charge >= 0.3 is 0 Å². The van der Waals surface area contributed by atoms with Crippen LogP contribution in [0.1, 0.15) is 42.4 Å². The lowest BCUT2D eigenvalue weighted by molar-refractivity contribution is -0.126. The first-order chi connectivity index (χ1) is 18.7. The molecule has 0 aromatic heterocycles. The molecule has 38 heavy (non-hydrogen) atoms. The van der Waals surface area contributed by atoms with E-state index in [0.29, 0.717) is 37.6 Å². The zero-order chi connectivity index (χ0) is 26.5. The largest absolute Gasteiger partial charge is 0.494 e. The van der Waals surface area contributed by atoms with Crippen molar-refractivity contribution in [3.05, 3.63) is 108 Å². The summed E-state index contributed by atoms with van der Waals surface area (Å²) < 4.78 is 11.6. The van der Waals surface area contributed by atoms with E-state index in [1.165, 1.54) is 5.56 Å². The minimum absolute atomic E-state index is 0.0959. The molecule has 0 unspecified atom stereocenters. The van der Waals surface area contributed by atoms with Gasteiger partial charge in [-0.1, -0.05) is 72.8 Å². The van der Waals surface area contributed by atoms with Crippen molar-refractivity contribution in [2.45, 2.75) is 37.6 Å². The number of aliphatic hydroxyl groups is 1. The van der Waals surface area contributed by atoms with Crippen molar-refractivity contribution >= 4 is 17.9 Å². The molecule has 6 nitrogen and oxygen atoms in total. The molecule has 1 aliphatic heterocycles. The van der Waals surface area contributed by atoms with Crippen LogP contribution >= 0.6 is 0 Å². The summed E-state index contributed by atoms with van der Waals surface area (Å²) in [5.74, 6) is 1.05. The van der Waals surface area contributed by atoms with Gasteiger partial charge in [0.05, 0.1) is 6.61 Å². The number of unbranched alkanes of at least 4 members (excludes halogenated alkanes) is 1. The van der Waals surface area contributed by atoms with Gasteiger partial charge in [0.25, 0.3) is 5.91 Å². The number of carbonyl (C=O) groups excluding carboxylic acids is 1. The van der Waals surface area contributed by atoms with E-state index in [-0.39, 0.29) is 19.1 Å². The molecule has 1 aliphatic rings. The molecule has 198 valence electrons. The van der Waals surface area contributed by atoms with E-state index in [0.717, 1.165) is 30.4 Å². The molecule has 6 heteroatoms. The summed E-state index contributed by atoms with van der Waals surface area (Å²) in [5.41, 5.74) is 2.16. The molecule has 1 amide bonds. The van der Waals surface area contributed by atoms with Gasteiger partial charge in [-0.3, -0.25) is 4.79 Å². The van der Waals surface area contributed by atoms with Crippen LogP contribution in [0.15, 0.2) is 96.0 Å². The number of rotatable bonds is 14. The topological polar surface area (TPSA) is 80.2 Å². The fourth-order valence-electron chi connectivity index (χ4n) is 4.28. The minimum Gasteiger partial charge on any atom is -0.494 e. The van der Waals surface area contributed by atoms with Gasteiger partial charge in [0.2, 0.25) is 5.90 Å². The van der Waals surface area contributed by atoms with Crippen LogP contribution in [0.25, 0.3) is 6.08 Å². The van der Waals surface area contributed by atoms with E-state index < -0.39 is 5.54 Å². The van der Waals surface area contributed by atoms with Crippen molar-refractivity contribution in [2.75, 3.05) is 26.4 Å². The highest BCUT2D eigenvalue weighted by Gasteiger charge is 2.43. The summed E-state index contributed by atoms with van der Waals surface area (Å²) in [5, 5.41) is 12.0. The predicted octanol–water partition coefficient (Wildman–Crippen LogP) is 5.21. The van der Waals surface area contributed by atoms with Crippen LogP contribution in [0, 0.1) is 0 Å². The SMILES string of the molecule is O=C(NCCCCc1ccccc1)[C@@]1(C/C=C/c2ccccc2)COC(c2ccc(OCCCO)cc2)=N1. The number of aliphatic hydroxyl groups excluding tert-OH is 1. The summed E-state index contributed by atoms with van der Waals surface area (Å²) >= 11 is 0. The van der Waals surface area contributed by atoms with E-state index in [1.54, 1.807) is 0 Å². The van der Waals surface area contributed by atoms with Crippen molar-refractivity contribution in [1.29, 1.82) is 0 Å². The number of benzene rings is 3. The zero-order valence-electron chi connectivity index (χ0n) is 21.7. The molecule has 3 aromatic rings. The number of nitrogens with zero attached hydrogens (tertiary/aromatic N) is 1. The Morgan fingerprint density at radius 1 is 0.974 bits per heavy atom. The summed E-state index contributed by atoms with van der Waals surface area (Å²) in [7, 11) is 0. The maximum absolute atomic E-state index is 13.4. The third-order valence-electron chi connectivity index (χ3n) is 6.44. The van der Waals surface area contributed by atoms with Crippen LogP contribution in [-0.4, -0.2) is 48.8 Å². The second kappa shape index (κ2) is 14.1. The van der Waals surface area contributed by atoms with E-state index in [9.17, 15) is 4.79 Å². The smallest absolute Gasteiger partial charge is 0.251 e. The quantitative estimate of drug-likeness (QED) is 0.291. The summed E-state index contributed by atoms with van der Waals surface area (Å²) in [6.07, 6.45) is 7.92. The number of hydrogen-bond donors (Lipinski definition) is 2. The van der Waals surface area contributed by atoms with Crippen molar-refractivity contribution in [2.24, 2.45) is 4.99 Å². The van der Waals surface area contributed by atoms with Gasteiger partial charge in [-0.05, 0) is 54.7 Å². The molecule has 0 saturated carbocycles. The number of amides is 1. The Morgan fingerprint density at radius 3 is 2.45 bits per heavy atom. The lowest BCUT2D eigenvalue weighted by atomic mass is 9.95. The maximum atomic E-state index is 13.4. The van der Waals surface area contributed by atoms with E-state index in [4.69, 9.17) is 19.6 Å². The molecular weight excluding hydrogens is 476 g/mol.